The van der Waals surface area contributed by atoms with Crippen LogP contribution in [0.3, 0.4) is 0 Å². The monoisotopic (exact) mass is 424 g/mol. The van der Waals surface area contributed by atoms with Gasteiger partial charge >= 0.3 is 0 Å². The maximum Gasteiger partial charge on any atom is 0.191 e. The summed E-state index contributed by atoms with van der Waals surface area (Å²) < 4.78 is 2.02. The van der Waals surface area contributed by atoms with Gasteiger partial charge in [-0.15, -0.1) is 24.0 Å². The zero-order valence-corrected chi connectivity index (χ0v) is 15.8. The number of hydrogen-bond donors (Lipinski definition) is 3. The second-order valence-corrected chi connectivity index (χ2v) is 6.37. The van der Waals surface area contributed by atoms with Crippen molar-refractivity contribution in [3.63, 3.8) is 0 Å². The van der Waals surface area contributed by atoms with Crippen LogP contribution in [0.4, 0.5) is 0 Å². The SMILES string of the molecule is CCNC(=NCc1ccn(C)c1)NCC1(O)CCSC1.I. The van der Waals surface area contributed by atoms with Crippen LogP contribution in [0.25, 0.3) is 0 Å². The van der Waals surface area contributed by atoms with Gasteiger partial charge in [-0.05, 0) is 30.7 Å². The van der Waals surface area contributed by atoms with Crippen molar-refractivity contribution in [2.75, 3.05) is 24.6 Å². The van der Waals surface area contributed by atoms with E-state index < -0.39 is 5.60 Å². The molecule has 0 aliphatic carbocycles. The Kier molecular flexibility index (Phi) is 7.89. The van der Waals surface area contributed by atoms with E-state index in [4.69, 9.17) is 0 Å². The van der Waals surface area contributed by atoms with E-state index in [1.165, 1.54) is 5.56 Å². The molecule has 5 nitrogen and oxygen atoms in total. The molecule has 120 valence electrons. The van der Waals surface area contributed by atoms with E-state index in [1.807, 2.05) is 24.7 Å². The van der Waals surface area contributed by atoms with Gasteiger partial charge < -0.3 is 20.3 Å². The van der Waals surface area contributed by atoms with Gasteiger partial charge in [0.15, 0.2) is 5.96 Å². The molecule has 21 heavy (non-hydrogen) atoms. The van der Waals surface area contributed by atoms with E-state index in [9.17, 15) is 5.11 Å². The molecule has 0 amide bonds. The molecule has 3 N–H and O–H groups in total. The zero-order valence-electron chi connectivity index (χ0n) is 12.6. The van der Waals surface area contributed by atoms with E-state index >= 15 is 0 Å². The Bertz CT molecular complexity index is 458. The fourth-order valence-electron chi connectivity index (χ4n) is 2.15. The van der Waals surface area contributed by atoms with Crippen molar-refractivity contribution in [1.82, 2.24) is 15.2 Å². The van der Waals surface area contributed by atoms with E-state index in [0.29, 0.717) is 13.1 Å². The van der Waals surface area contributed by atoms with Crippen molar-refractivity contribution in [1.29, 1.82) is 0 Å². The first-order valence-corrected chi connectivity index (χ1v) is 8.20. The standard InChI is InChI=1S/C14H24N4OS.HI/c1-3-15-13(16-8-12-4-6-18(2)9-12)17-10-14(19)5-7-20-11-14;/h4,6,9,19H,3,5,7-8,10-11H2,1-2H3,(H2,15,16,17);1H. The molecule has 0 aromatic carbocycles. The largest absolute Gasteiger partial charge is 0.387 e. The number of aromatic nitrogens is 1. The van der Waals surface area contributed by atoms with Gasteiger partial charge in [0.05, 0.1) is 12.1 Å². The van der Waals surface area contributed by atoms with Gasteiger partial charge in [-0.25, -0.2) is 4.99 Å². The van der Waals surface area contributed by atoms with Crippen LogP contribution in [-0.2, 0) is 13.6 Å². The number of nitrogens with zero attached hydrogens (tertiary/aromatic N) is 2. The summed E-state index contributed by atoms with van der Waals surface area (Å²) in [6, 6.07) is 2.06. The first-order valence-electron chi connectivity index (χ1n) is 7.04. The lowest BCUT2D eigenvalue weighted by Crippen LogP contribution is -2.47. The Balaban J connectivity index is 0.00000220. The maximum absolute atomic E-state index is 10.3. The zero-order chi connectivity index (χ0) is 14.4. The van der Waals surface area contributed by atoms with E-state index in [0.717, 1.165) is 30.4 Å². The highest BCUT2D eigenvalue weighted by atomic mass is 127. The number of aliphatic hydroxyl groups is 1. The summed E-state index contributed by atoms with van der Waals surface area (Å²) in [6.07, 6.45) is 4.93. The minimum absolute atomic E-state index is 0. The molecule has 0 radical (unpaired) electrons. The van der Waals surface area contributed by atoms with Crippen molar-refractivity contribution < 1.29 is 5.11 Å². The molecule has 0 spiro atoms. The fraction of sp³-hybridized carbons (Fsp3) is 0.643. The molecule has 0 saturated carbocycles. The summed E-state index contributed by atoms with van der Waals surface area (Å²) >= 11 is 1.81. The van der Waals surface area contributed by atoms with Crippen molar-refractivity contribution in [3.8, 4) is 0 Å². The summed E-state index contributed by atoms with van der Waals surface area (Å²) in [5, 5.41) is 16.8. The Morgan fingerprint density at radius 3 is 2.90 bits per heavy atom. The third-order valence-corrected chi connectivity index (χ3v) is 4.56. The van der Waals surface area contributed by atoms with Crippen molar-refractivity contribution in [3.05, 3.63) is 24.0 Å². The second kappa shape index (κ2) is 8.89. The average Bonchev–Trinajstić information content (AvgIpc) is 3.03. The van der Waals surface area contributed by atoms with Gasteiger partial charge in [0, 0.05) is 38.3 Å². The molecule has 2 heterocycles. The van der Waals surface area contributed by atoms with Crippen LogP contribution >= 0.6 is 35.7 Å². The first-order chi connectivity index (χ1) is 9.61. The minimum atomic E-state index is -0.590. The Morgan fingerprint density at radius 1 is 1.52 bits per heavy atom. The molecule has 1 aliphatic heterocycles. The number of thioether (sulfide) groups is 1. The van der Waals surface area contributed by atoms with Crippen LogP contribution in [0.15, 0.2) is 23.5 Å². The first kappa shape index (κ1) is 18.6. The molecule has 1 saturated heterocycles. The number of aryl methyl sites for hydroxylation is 1. The van der Waals surface area contributed by atoms with Crippen molar-refractivity contribution in [2.24, 2.45) is 12.0 Å². The van der Waals surface area contributed by atoms with Crippen LogP contribution < -0.4 is 10.6 Å². The van der Waals surface area contributed by atoms with Crippen molar-refractivity contribution >= 4 is 41.7 Å². The summed E-state index contributed by atoms with van der Waals surface area (Å²) in [5.41, 5.74) is 0.591. The van der Waals surface area contributed by atoms with Gasteiger partial charge in [0.2, 0.25) is 0 Å². The van der Waals surface area contributed by atoms with Gasteiger partial charge in [-0.2, -0.15) is 11.8 Å². The molecule has 2 rings (SSSR count). The average molecular weight is 424 g/mol. The predicted molar refractivity (Wildman–Crippen MR) is 101 cm³/mol. The van der Waals surface area contributed by atoms with E-state index in [1.54, 1.807) is 11.8 Å². The third kappa shape index (κ3) is 6.07. The highest BCUT2D eigenvalue weighted by Gasteiger charge is 2.31. The number of nitrogens with one attached hydrogen (secondary N) is 2. The lowest BCUT2D eigenvalue weighted by molar-refractivity contribution is 0.0724. The topological polar surface area (TPSA) is 61.6 Å². The minimum Gasteiger partial charge on any atom is -0.387 e. The van der Waals surface area contributed by atoms with Gasteiger partial charge in [0.1, 0.15) is 0 Å². The van der Waals surface area contributed by atoms with Crippen LogP contribution in [0.2, 0.25) is 0 Å². The van der Waals surface area contributed by atoms with Crippen LogP contribution in [0.5, 0.6) is 0 Å². The number of hydrogen-bond acceptors (Lipinski definition) is 3. The molecular formula is C14H25IN4OS. The molecule has 1 aliphatic rings. The summed E-state index contributed by atoms with van der Waals surface area (Å²) in [5.74, 6) is 2.61. The molecular weight excluding hydrogens is 399 g/mol. The molecule has 1 aromatic heterocycles. The molecule has 0 bridgehead atoms. The third-order valence-electron chi connectivity index (χ3n) is 3.32. The molecule has 1 unspecified atom stereocenters. The molecule has 1 aromatic rings. The number of guanidine groups is 1. The quantitative estimate of drug-likeness (QED) is 0.382. The summed E-state index contributed by atoms with van der Waals surface area (Å²) in [6.45, 7) is 4.05. The van der Waals surface area contributed by atoms with Crippen LogP contribution in [-0.4, -0.2) is 45.8 Å². The fourth-order valence-corrected chi connectivity index (χ4v) is 3.45. The number of rotatable bonds is 5. The Morgan fingerprint density at radius 2 is 2.33 bits per heavy atom. The highest BCUT2D eigenvalue weighted by Crippen LogP contribution is 2.26. The Hall–Kier alpha value is -0.410. The predicted octanol–water partition coefficient (Wildman–Crippen LogP) is 1.57. The smallest absolute Gasteiger partial charge is 0.191 e. The lowest BCUT2D eigenvalue weighted by atomic mass is 10.0. The second-order valence-electron chi connectivity index (χ2n) is 5.26. The van der Waals surface area contributed by atoms with Gasteiger partial charge in [-0.3, -0.25) is 0 Å². The highest BCUT2D eigenvalue weighted by molar-refractivity contribution is 14.0. The van der Waals surface area contributed by atoms with E-state index in [2.05, 4.69) is 27.9 Å². The summed E-state index contributed by atoms with van der Waals surface area (Å²) in [4.78, 5) is 4.55. The lowest BCUT2D eigenvalue weighted by Gasteiger charge is -2.23. The maximum atomic E-state index is 10.3. The van der Waals surface area contributed by atoms with Gasteiger partial charge in [-0.1, -0.05) is 0 Å². The molecule has 1 atom stereocenters. The molecule has 1 fully saturated rings. The summed E-state index contributed by atoms with van der Waals surface area (Å²) in [7, 11) is 2.00. The van der Waals surface area contributed by atoms with E-state index in [-0.39, 0.29) is 24.0 Å². The van der Waals surface area contributed by atoms with Crippen molar-refractivity contribution in [2.45, 2.75) is 25.5 Å². The number of halogens is 1. The number of aliphatic imine (C=N–C) groups is 1. The van der Waals surface area contributed by atoms with Crippen LogP contribution in [0, 0.1) is 0 Å². The normalized spacial score (nSPS) is 22.0. The Labute approximate surface area is 148 Å². The van der Waals surface area contributed by atoms with Crippen LogP contribution in [0.1, 0.15) is 18.9 Å². The van der Waals surface area contributed by atoms with Gasteiger partial charge in [0.25, 0.3) is 0 Å². The molecule has 7 heteroatoms.